The summed E-state index contributed by atoms with van der Waals surface area (Å²) < 4.78 is 0.776. The van der Waals surface area contributed by atoms with Gasteiger partial charge in [-0.15, -0.1) is 12.4 Å². The van der Waals surface area contributed by atoms with E-state index in [4.69, 9.17) is 5.84 Å². The van der Waals surface area contributed by atoms with Gasteiger partial charge in [0.05, 0.1) is 0 Å². The Kier molecular flexibility index (Phi) is 4.34. The molecule has 0 amide bonds. The van der Waals surface area contributed by atoms with Crippen molar-refractivity contribution in [3.63, 3.8) is 0 Å². The molecule has 1 rings (SSSR count). The van der Waals surface area contributed by atoms with Gasteiger partial charge < -0.3 is 5.43 Å². The van der Waals surface area contributed by atoms with Gasteiger partial charge in [0.25, 0.3) is 0 Å². The van der Waals surface area contributed by atoms with Gasteiger partial charge in [-0.2, -0.15) is 0 Å². The molecule has 10 heavy (non-hydrogen) atoms. The zero-order chi connectivity index (χ0) is 6.69. The van der Waals surface area contributed by atoms with E-state index < -0.39 is 0 Å². The Balaban J connectivity index is 0.000000810. The highest BCUT2D eigenvalue weighted by molar-refractivity contribution is 9.10. The van der Waals surface area contributed by atoms with Gasteiger partial charge in [0.15, 0.2) is 0 Å². The molecule has 0 fully saturated rings. The van der Waals surface area contributed by atoms with E-state index in [1.165, 1.54) is 0 Å². The lowest BCUT2D eigenvalue weighted by molar-refractivity contribution is 1.20. The Labute approximate surface area is 73.5 Å². The fourth-order valence-electron chi connectivity index (χ4n) is 0.489. The van der Waals surface area contributed by atoms with Crippen molar-refractivity contribution in [2.75, 3.05) is 5.43 Å². The van der Waals surface area contributed by atoms with Gasteiger partial charge in [-0.25, -0.2) is 10.8 Å². The molecular weight excluding hydrogens is 217 g/mol. The van der Waals surface area contributed by atoms with Crippen LogP contribution in [0, 0.1) is 0 Å². The van der Waals surface area contributed by atoms with Gasteiger partial charge in [-0.05, 0) is 28.1 Å². The number of nitrogens with two attached hydrogens (primary N) is 1. The third-order valence-electron chi connectivity index (χ3n) is 0.863. The summed E-state index contributed by atoms with van der Waals surface area (Å²) >= 11 is 3.20. The molecule has 0 aromatic carbocycles. The molecule has 0 radical (unpaired) electrons. The second-order valence-electron chi connectivity index (χ2n) is 1.49. The van der Waals surface area contributed by atoms with Crippen molar-refractivity contribution in [2.45, 2.75) is 0 Å². The van der Waals surface area contributed by atoms with E-state index >= 15 is 0 Å². The van der Waals surface area contributed by atoms with Crippen LogP contribution in [0.1, 0.15) is 0 Å². The SMILES string of the molecule is Cl.NNc1cccc(Br)n1. The summed E-state index contributed by atoms with van der Waals surface area (Å²) in [5.41, 5.74) is 2.43. The molecular formula is C5H7BrClN3. The monoisotopic (exact) mass is 223 g/mol. The third-order valence-corrected chi connectivity index (χ3v) is 1.30. The zero-order valence-electron chi connectivity index (χ0n) is 5.04. The van der Waals surface area contributed by atoms with Gasteiger partial charge in [0.2, 0.25) is 0 Å². The Morgan fingerprint density at radius 3 is 2.60 bits per heavy atom. The Bertz CT molecular complexity index is 206. The lowest BCUT2D eigenvalue weighted by Crippen LogP contribution is -2.07. The molecule has 0 aliphatic carbocycles. The van der Waals surface area contributed by atoms with E-state index in [0.717, 1.165) is 4.60 Å². The molecule has 3 N–H and O–H groups in total. The predicted molar refractivity (Wildman–Crippen MR) is 47.0 cm³/mol. The maximum atomic E-state index is 5.09. The first-order valence-corrected chi connectivity index (χ1v) is 3.21. The van der Waals surface area contributed by atoms with Crippen LogP contribution in [0.25, 0.3) is 0 Å². The summed E-state index contributed by atoms with van der Waals surface area (Å²) in [5, 5.41) is 0. The van der Waals surface area contributed by atoms with Gasteiger partial charge in [0, 0.05) is 0 Å². The van der Waals surface area contributed by atoms with Crippen molar-refractivity contribution in [3.05, 3.63) is 22.8 Å². The minimum Gasteiger partial charge on any atom is -0.308 e. The highest BCUT2D eigenvalue weighted by Crippen LogP contribution is 2.07. The van der Waals surface area contributed by atoms with Crippen molar-refractivity contribution in [2.24, 2.45) is 5.84 Å². The molecule has 3 nitrogen and oxygen atoms in total. The summed E-state index contributed by atoms with van der Waals surface area (Å²) in [6, 6.07) is 5.47. The lowest BCUT2D eigenvalue weighted by atomic mass is 10.5. The van der Waals surface area contributed by atoms with Crippen molar-refractivity contribution < 1.29 is 0 Å². The Morgan fingerprint density at radius 1 is 1.50 bits per heavy atom. The molecule has 1 aromatic heterocycles. The number of hydrazine groups is 1. The molecule has 0 spiro atoms. The standard InChI is InChI=1S/C5H6BrN3.ClH/c6-4-2-1-3-5(8-4)9-7;/h1-3H,7H2,(H,8,9);1H. The molecule has 5 heteroatoms. The number of hydrogen-bond donors (Lipinski definition) is 2. The molecule has 1 aromatic rings. The first-order chi connectivity index (χ1) is 4.33. The molecule has 0 saturated carbocycles. The molecule has 0 aliphatic heterocycles. The van der Waals surface area contributed by atoms with Crippen molar-refractivity contribution in [1.29, 1.82) is 0 Å². The van der Waals surface area contributed by atoms with Crippen LogP contribution >= 0.6 is 28.3 Å². The molecule has 0 atom stereocenters. The zero-order valence-corrected chi connectivity index (χ0v) is 7.45. The lowest BCUT2D eigenvalue weighted by Gasteiger charge is -1.95. The van der Waals surface area contributed by atoms with Gasteiger partial charge >= 0.3 is 0 Å². The second-order valence-corrected chi connectivity index (χ2v) is 2.30. The maximum absolute atomic E-state index is 5.09. The number of aromatic nitrogens is 1. The van der Waals surface area contributed by atoms with E-state index in [-0.39, 0.29) is 12.4 Å². The third kappa shape index (κ3) is 2.51. The van der Waals surface area contributed by atoms with Crippen LogP contribution in [0.5, 0.6) is 0 Å². The number of nitrogens with zero attached hydrogens (tertiary/aromatic N) is 1. The fourth-order valence-corrected chi connectivity index (χ4v) is 0.832. The number of rotatable bonds is 1. The van der Waals surface area contributed by atoms with Gasteiger partial charge in [0.1, 0.15) is 10.4 Å². The number of nitrogen functional groups attached to an aromatic ring is 1. The fraction of sp³-hybridized carbons (Fsp3) is 0. The predicted octanol–water partition coefficient (Wildman–Crippen LogP) is 1.55. The molecule has 0 saturated heterocycles. The summed E-state index contributed by atoms with van der Waals surface area (Å²) in [6.45, 7) is 0. The first-order valence-electron chi connectivity index (χ1n) is 2.42. The largest absolute Gasteiger partial charge is 0.308 e. The van der Waals surface area contributed by atoms with Crippen LogP contribution in [0.3, 0.4) is 0 Å². The van der Waals surface area contributed by atoms with Crippen LogP contribution < -0.4 is 11.3 Å². The van der Waals surface area contributed by atoms with Crippen LogP contribution in [0.2, 0.25) is 0 Å². The first kappa shape index (κ1) is 9.68. The number of nitrogens with one attached hydrogen (secondary N) is 1. The topological polar surface area (TPSA) is 50.9 Å². The van der Waals surface area contributed by atoms with Crippen molar-refractivity contribution in [3.8, 4) is 0 Å². The van der Waals surface area contributed by atoms with E-state index in [1.807, 2.05) is 12.1 Å². The number of halogens is 2. The van der Waals surface area contributed by atoms with E-state index in [0.29, 0.717) is 5.82 Å². The number of hydrogen-bond acceptors (Lipinski definition) is 3. The minimum atomic E-state index is 0. The molecule has 0 bridgehead atoms. The average molecular weight is 224 g/mol. The summed E-state index contributed by atoms with van der Waals surface area (Å²) in [4.78, 5) is 3.97. The van der Waals surface area contributed by atoms with E-state index in [9.17, 15) is 0 Å². The van der Waals surface area contributed by atoms with Crippen molar-refractivity contribution in [1.82, 2.24) is 4.98 Å². The molecule has 0 aliphatic rings. The van der Waals surface area contributed by atoms with Crippen LogP contribution in [0.4, 0.5) is 5.82 Å². The van der Waals surface area contributed by atoms with Gasteiger partial charge in [-0.3, -0.25) is 0 Å². The smallest absolute Gasteiger partial charge is 0.141 e. The second kappa shape index (κ2) is 4.49. The molecule has 1 heterocycles. The quantitative estimate of drug-likeness (QED) is 0.432. The summed E-state index contributed by atoms with van der Waals surface area (Å²) in [5.74, 6) is 5.74. The summed E-state index contributed by atoms with van der Waals surface area (Å²) in [6.07, 6.45) is 0. The highest BCUT2D eigenvalue weighted by Gasteiger charge is 1.88. The Hall–Kier alpha value is -0.320. The molecule has 0 unspecified atom stereocenters. The van der Waals surface area contributed by atoms with Gasteiger partial charge in [-0.1, -0.05) is 6.07 Å². The van der Waals surface area contributed by atoms with Crippen LogP contribution in [0.15, 0.2) is 22.8 Å². The highest BCUT2D eigenvalue weighted by atomic mass is 79.9. The van der Waals surface area contributed by atoms with E-state index in [2.05, 4.69) is 26.3 Å². The minimum absolute atomic E-state index is 0. The molecule has 56 valence electrons. The number of pyridine rings is 1. The normalized spacial score (nSPS) is 8.20. The maximum Gasteiger partial charge on any atom is 0.141 e. The average Bonchev–Trinajstić information content (AvgIpc) is 1.88. The van der Waals surface area contributed by atoms with E-state index in [1.54, 1.807) is 6.07 Å². The summed E-state index contributed by atoms with van der Waals surface area (Å²) in [7, 11) is 0. The van der Waals surface area contributed by atoms with Crippen molar-refractivity contribution >= 4 is 34.2 Å². The van der Waals surface area contributed by atoms with Crippen LogP contribution in [-0.2, 0) is 0 Å². The Morgan fingerprint density at radius 2 is 2.20 bits per heavy atom. The number of anilines is 1. The van der Waals surface area contributed by atoms with Crippen LogP contribution in [-0.4, -0.2) is 4.98 Å².